The molecule has 3 aromatic rings. The van der Waals surface area contributed by atoms with E-state index in [1.54, 1.807) is 45.3 Å². The van der Waals surface area contributed by atoms with Crippen LogP contribution in [0.1, 0.15) is 9.75 Å². The first-order valence-corrected chi connectivity index (χ1v) is 9.19. The van der Waals surface area contributed by atoms with Gasteiger partial charge in [0.2, 0.25) is 0 Å². The highest BCUT2D eigenvalue weighted by atomic mass is 32.2. The topological polar surface area (TPSA) is 0 Å². The van der Waals surface area contributed by atoms with Gasteiger partial charge in [-0.1, -0.05) is 12.2 Å². The summed E-state index contributed by atoms with van der Waals surface area (Å²) >= 11 is 12.5. The standard InChI is InChI=1S/C13H10S5/c1-7-9(3-5-15-7)11-12(18-13(14)17-11)10-4-6-16-8(10)2/h3-6H,1-2H3. The van der Waals surface area contributed by atoms with Crippen molar-refractivity contribution < 1.29 is 0 Å². The second kappa shape index (κ2) is 4.98. The van der Waals surface area contributed by atoms with Gasteiger partial charge in [0, 0.05) is 20.9 Å². The normalized spacial score (nSPS) is 11.0. The Labute approximate surface area is 127 Å². The van der Waals surface area contributed by atoms with Gasteiger partial charge in [0.25, 0.3) is 0 Å². The van der Waals surface area contributed by atoms with Gasteiger partial charge in [-0.3, -0.25) is 0 Å². The maximum Gasteiger partial charge on any atom is 0.144 e. The first-order valence-electron chi connectivity index (χ1n) is 5.39. The molecule has 18 heavy (non-hydrogen) atoms. The van der Waals surface area contributed by atoms with E-state index in [0.29, 0.717) is 0 Å². The second-order valence-electron chi connectivity index (χ2n) is 3.89. The molecule has 0 saturated heterocycles. The van der Waals surface area contributed by atoms with Crippen molar-refractivity contribution in [3.05, 3.63) is 35.8 Å². The third-order valence-corrected chi connectivity index (χ3v) is 7.19. The van der Waals surface area contributed by atoms with Crippen LogP contribution in [-0.2, 0) is 0 Å². The van der Waals surface area contributed by atoms with Crippen LogP contribution in [0.5, 0.6) is 0 Å². The molecular formula is C13H10S5. The fraction of sp³-hybridized carbons (Fsp3) is 0.154. The maximum atomic E-state index is 5.40. The summed E-state index contributed by atoms with van der Waals surface area (Å²) in [6.07, 6.45) is 0. The predicted octanol–water partition coefficient (Wildman–Crippen LogP) is 6.61. The van der Waals surface area contributed by atoms with Crippen molar-refractivity contribution in [3.8, 4) is 20.9 Å². The summed E-state index contributed by atoms with van der Waals surface area (Å²) in [5.74, 6) is 0. The van der Waals surface area contributed by atoms with E-state index in [4.69, 9.17) is 12.2 Å². The second-order valence-corrected chi connectivity index (χ2v) is 9.36. The minimum Gasteiger partial charge on any atom is -0.149 e. The Morgan fingerprint density at radius 2 is 1.28 bits per heavy atom. The van der Waals surface area contributed by atoms with Gasteiger partial charge in [0.1, 0.15) is 3.14 Å². The lowest BCUT2D eigenvalue weighted by Gasteiger charge is -2.01. The quantitative estimate of drug-likeness (QED) is 0.477. The molecule has 3 rings (SSSR count). The summed E-state index contributed by atoms with van der Waals surface area (Å²) in [4.78, 5) is 5.41. The molecule has 0 aliphatic heterocycles. The van der Waals surface area contributed by atoms with Crippen molar-refractivity contribution in [2.45, 2.75) is 13.8 Å². The van der Waals surface area contributed by atoms with Crippen LogP contribution >= 0.6 is 57.6 Å². The summed E-state index contributed by atoms with van der Waals surface area (Å²) in [6, 6.07) is 4.41. The van der Waals surface area contributed by atoms with Gasteiger partial charge in [0.15, 0.2) is 0 Å². The molecule has 0 aliphatic carbocycles. The van der Waals surface area contributed by atoms with E-state index in [-0.39, 0.29) is 0 Å². The van der Waals surface area contributed by atoms with E-state index in [1.807, 2.05) is 0 Å². The first kappa shape index (κ1) is 12.7. The monoisotopic (exact) mass is 326 g/mol. The molecule has 0 nitrogen and oxygen atoms in total. The van der Waals surface area contributed by atoms with Crippen LogP contribution < -0.4 is 0 Å². The largest absolute Gasteiger partial charge is 0.149 e. The third kappa shape index (κ3) is 2.14. The lowest BCUT2D eigenvalue weighted by molar-refractivity contribution is 1.61. The van der Waals surface area contributed by atoms with Gasteiger partial charge in [-0.15, -0.1) is 45.3 Å². The van der Waals surface area contributed by atoms with E-state index < -0.39 is 0 Å². The van der Waals surface area contributed by atoms with Gasteiger partial charge < -0.3 is 0 Å². The third-order valence-electron chi connectivity index (χ3n) is 2.78. The molecule has 3 heterocycles. The van der Waals surface area contributed by atoms with Crippen LogP contribution in [0, 0.1) is 17.0 Å². The van der Waals surface area contributed by atoms with Gasteiger partial charge in [0.05, 0.1) is 9.75 Å². The van der Waals surface area contributed by atoms with Crippen LogP contribution in [-0.4, -0.2) is 0 Å². The zero-order valence-corrected chi connectivity index (χ0v) is 13.9. The number of aryl methyl sites for hydroxylation is 2. The summed E-state index contributed by atoms with van der Waals surface area (Å²) in [5, 5.41) is 4.31. The van der Waals surface area contributed by atoms with Crippen molar-refractivity contribution in [1.82, 2.24) is 0 Å². The maximum absolute atomic E-state index is 5.40. The van der Waals surface area contributed by atoms with Gasteiger partial charge >= 0.3 is 0 Å². The van der Waals surface area contributed by atoms with Gasteiger partial charge in [-0.2, -0.15) is 0 Å². The van der Waals surface area contributed by atoms with Crippen LogP contribution in [0.4, 0.5) is 0 Å². The molecule has 0 spiro atoms. The van der Waals surface area contributed by atoms with Crippen molar-refractivity contribution in [3.63, 3.8) is 0 Å². The molecule has 5 heteroatoms. The number of hydrogen-bond donors (Lipinski definition) is 0. The zero-order valence-electron chi connectivity index (χ0n) is 9.85. The van der Waals surface area contributed by atoms with Gasteiger partial charge in [-0.25, -0.2) is 0 Å². The molecule has 0 unspecified atom stereocenters. The molecular weight excluding hydrogens is 316 g/mol. The molecule has 0 saturated carbocycles. The Morgan fingerprint density at radius 3 is 1.61 bits per heavy atom. The Balaban J connectivity index is 2.27. The molecule has 0 aliphatic rings. The number of thiophene rings is 2. The van der Waals surface area contributed by atoms with E-state index in [0.717, 1.165) is 3.14 Å². The Bertz CT molecular complexity index is 677. The summed E-state index contributed by atoms with van der Waals surface area (Å²) in [6.45, 7) is 4.36. The minimum absolute atomic E-state index is 1.01. The molecule has 0 bridgehead atoms. The average Bonchev–Trinajstić information content (AvgIpc) is 2.99. The van der Waals surface area contributed by atoms with E-state index in [2.05, 4.69) is 36.7 Å². The fourth-order valence-corrected chi connectivity index (χ4v) is 6.23. The van der Waals surface area contributed by atoms with Crippen LogP contribution in [0.25, 0.3) is 20.9 Å². The van der Waals surface area contributed by atoms with Crippen LogP contribution in [0.3, 0.4) is 0 Å². The summed E-state index contributed by atoms with van der Waals surface area (Å²) in [5.41, 5.74) is 2.69. The molecule has 0 fully saturated rings. The molecule has 0 amide bonds. The van der Waals surface area contributed by atoms with Crippen molar-refractivity contribution >= 4 is 57.6 Å². The Kier molecular flexibility index (Phi) is 3.51. The molecule has 0 N–H and O–H groups in total. The molecule has 92 valence electrons. The minimum atomic E-state index is 1.01. The van der Waals surface area contributed by atoms with Crippen molar-refractivity contribution in [2.75, 3.05) is 0 Å². The molecule has 0 radical (unpaired) electrons. The molecule has 0 aromatic carbocycles. The van der Waals surface area contributed by atoms with Gasteiger partial charge in [-0.05, 0) is 36.7 Å². The SMILES string of the molecule is Cc1sccc1-c1sc(=S)sc1-c1ccsc1C. The lowest BCUT2D eigenvalue weighted by atomic mass is 10.1. The number of hydrogen-bond acceptors (Lipinski definition) is 5. The first-order chi connectivity index (χ1) is 8.66. The highest BCUT2D eigenvalue weighted by molar-refractivity contribution is 7.76. The van der Waals surface area contributed by atoms with E-state index >= 15 is 0 Å². The fourth-order valence-electron chi connectivity index (χ4n) is 1.88. The van der Waals surface area contributed by atoms with Crippen LogP contribution in [0.15, 0.2) is 22.9 Å². The van der Waals surface area contributed by atoms with Crippen molar-refractivity contribution in [1.29, 1.82) is 0 Å². The Morgan fingerprint density at radius 1 is 0.833 bits per heavy atom. The lowest BCUT2D eigenvalue weighted by Crippen LogP contribution is -1.77. The smallest absolute Gasteiger partial charge is 0.144 e. The van der Waals surface area contributed by atoms with E-state index in [1.165, 1.54) is 30.6 Å². The molecule has 3 aromatic heterocycles. The van der Waals surface area contributed by atoms with E-state index in [9.17, 15) is 0 Å². The highest BCUT2D eigenvalue weighted by Gasteiger charge is 2.16. The van der Waals surface area contributed by atoms with Crippen molar-refractivity contribution in [2.24, 2.45) is 0 Å². The molecule has 0 atom stereocenters. The van der Waals surface area contributed by atoms with Crippen LogP contribution in [0.2, 0.25) is 0 Å². The summed E-state index contributed by atoms with van der Waals surface area (Å²) in [7, 11) is 0. The Hall–Kier alpha value is -0.330. The zero-order chi connectivity index (χ0) is 12.7. The highest BCUT2D eigenvalue weighted by Crippen LogP contribution is 2.45. The number of rotatable bonds is 2. The average molecular weight is 327 g/mol. The summed E-state index contributed by atoms with van der Waals surface area (Å²) < 4.78 is 1.01. The predicted molar refractivity (Wildman–Crippen MR) is 89.1 cm³/mol.